The van der Waals surface area contributed by atoms with Crippen molar-refractivity contribution in [3.63, 3.8) is 0 Å². The van der Waals surface area contributed by atoms with Gasteiger partial charge in [0.05, 0.1) is 23.5 Å². The van der Waals surface area contributed by atoms with Crippen LogP contribution in [0.15, 0.2) is 16.6 Å². The second kappa shape index (κ2) is 5.77. The van der Waals surface area contributed by atoms with Crippen molar-refractivity contribution in [2.45, 2.75) is 12.8 Å². The molecule has 21 heavy (non-hydrogen) atoms. The number of carbonyl (C=O) groups excluding carboxylic acids is 2. The molecule has 1 saturated carbocycles. The molecular formula is C15H17BrN2O3. The van der Waals surface area contributed by atoms with Crippen molar-refractivity contribution < 1.29 is 14.3 Å². The summed E-state index contributed by atoms with van der Waals surface area (Å²) < 4.78 is 6.44. The number of carbonyl (C=O) groups is 2. The third-order valence-corrected chi connectivity index (χ3v) is 4.45. The van der Waals surface area contributed by atoms with E-state index in [4.69, 9.17) is 4.74 Å². The van der Waals surface area contributed by atoms with Crippen LogP contribution in [0.1, 0.15) is 23.2 Å². The molecule has 112 valence electrons. The minimum atomic E-state index is -0.565. The number of benzene rings is 1. The number of ketones is 1. The first-order chi connectivity index (χ1) is 10.1. The van der Waals surface area contributed by atoms with Crippen LogP contribution in [0.3, 0.4) is 0 Å². The number of likely N-dealkylation sites (N-methyl/N-ethyl adjacent to an activating group) is 1. The molecule has 0 radical (unpaired) electrons. The van der Waals surface area contributed by atoms with Crippen molar-refractivity contribution in [1.29, 1.82) is 0 Å². The van der Waals surface area contributed by atoms with Gasteiger partial charge in [-0.2, -0.15) is 0 Å². The smallest absolute Gasteiger partial charge is 0.296 e. The summed E-state index contributed by atoms with van der Waals surface area (Å²) in [6, 6.07) is 3.52. The van der Waals surface area contributed by atoms with E-state index in [0.717, 1.165) is 29.2 Å². The molecule has 0 bridgehead atoms. The SMILES string of the molecule is CN(CCOCC1CC1)c1cc2c(cc1Br)C(=O)C(=O)N2. The van der Waals surface area contributed by atoms with Crippen molar-refractivity contribution in [1.82, 2.24) is 0 Å². The molecule has 1 amide bonds. The van der Waals surface area contributed by atoms with Gasteiger partial charge in [0.25, 0.3) is 11.7 Å². The number of fused-ring (bicyclic) bond motifs is 1. The zero-order valence-electron chi connectivity index (χ0n) is 11.8. The van der Waals surface area contributed by atoms with Gasteiger partial charge >= 0.3 is 0 Å². The Morgan fingerprint density at radius 1 is 1.38 bits per heavy atom. The average molecular weight is 353 g/mol. The zero-order valence-corrected chi connectivity index (χ0v) is 13.4. The fourth-order valence-electron chi connectivity index (χ4n) is 2.30. The lowest BCUT2D eigenvalue weighted by Crippen LogP contribution is -2.23. The van der Waals surface area contributed by atoms with Gasteiger partial charge in [0.2, 0.25) is 0 Å². The standard InChI is InChI=1S/C15H17BrN2O3/c1-18(4-5-21-8-9-2-3-9)13-7-12-10(6-11(13)16)14(19)15(20)17-12/h6-7,9H,2-5,8H2,1H3,(H,17,19,20). The van der Waals surface area contributed by atoms with Gasteiger partial charge in [-0.1, -0.05) is 0 Å². The van der Waals surface area contributed by atoms with Crippen molar-refractivity contribution in [3.8, 4) is 0 Å². The van der Waals surface area contributed by atoms with Gasteiger partial charge in [0.1, 0.15) is 0 Å². The van der Waals surface area contributed by atoms with Gasteiger partial charge in [0, 0.05) is 24.7 Å². The fourth-order valence-corrected chi connectivity index (χ4v) is 2.95. The summed E-state index contributed by atoms with van der Waals surface area (Å²) in [5, 5.41) is 2.59. The minimum Gasteiger partial charge on any atom is -0.379 e. The monoisotopic (exact) mass is 352 g/mol. The van der Waals surface area contributed by atoms with Gasteiger partial charge in [-0.3, -0.25) is 9.59 Å². The number of halogens is 1. The van der Waals surface area contributed by atoms with Gasteiger partial charge in [-0.15, -0.1) is 0 Å². The van der Waals surface area contributed by atoms with Crippen molar-refractivity contribution >= 4 is 39.0 Å². The van der Waals surface area contributed by atoms with Crippen molar-refractivity contribution in [2.24, 2.45) is 5.92 Å². The van der Waals surface area contributed by atoms with Crippen molar-refractivity contribution in [2.75, 3.05) is 37.0 Å². The Balaban J connectivity index is 1.65. The van der Waals surface area contributed by atoms with Gasteiger partial charge < -0.3 is 15.0 Å². The molecule has 1 fully saturated rings. The van der Waals surface area contributed by atoms with Crippen LogP contribution in [0.4, 0.5) is 11.4 Å². The van der Waals surface area contributed by atoms with E-state index in [1.54, 1.807) is 6.07 Å². The first-order valence-corrected chi connectivity index (χ1v) is 7.83. The highest BCUT2D eigenvalue weighted by atomic mass is 79.9. The van der Waals surface area contributed by atoms with Gasteiger partial charge in [-0.05, 0) is 46.8 Å². The molecule has 0 saturated heterocycles. The molecule has 3 rings (SSSR count). The Kier molecular flexibility index (Phi) is 3.99. The first kappa shape index (κ1) is 14.5. The summed E-state index contributed by atoms with van der Waals surface area (Å²) >= 11 is 3.47. The predicted molar refractivity (Wildman–Crippen MR) is 83.9 cm³/mol. The van der Waals surface area contributed by atoms with E-state index in [-0.39, 0.29) is 0 Å². The normalized spacial score (nSPS) is 16.9. The van der Waals surface area contributed by atoms with Crippen molar-refractivity contribution in [3.05, 3.63) is 22.2 Å². The van der Waals surface area contributed by atoms with E-state index in [2.05, 4.69) is 21.2 Å². The zero-order chi connectivity index (χ0) is 15.0. The number of amides is 1. The Morgan fingerprint density at radius 2 is 2.14 bits per heavy atom. The number of ether oxygens (including phenoxy) is 1. The Bertz CT molecular complexity index is 599. The number of Topliss-reactive ketones (excluding diaryl/α,β-unsaturated/α-hetero) is 1. The summed E-state index contributed by atoms with van der Waals surface area (Å²) in [4.78, 5) is 25.1. The molecule has 1 aromatic carbocycles. The Labute approximate surface area is 131 Å². The van der Waals surface area contributed by atoms with Crippen LogP contribution in [0, 0.1) is 5.92 Å². The molecule has 1 heterocycles. The predicted octanol–water partition coefficient (Wildman–Crippen LogP) is 2.45. The second-order valence-electron chi connectivity index (χ2n) is 5.57. The lowest BCUT2D eigenvalue weighted by Gasteiger charge is -2.21. The molecule has 0 atom stereocenters. The van der Waals surface area contributed by atoms with E-state index in [1.807, 2.05) is 18.0 Å². The fraction of sp³-hybridized carbons (Fsp3) is 0.467. The van der Waals surface area contributed by atoms with E-state index in [0.29, 0.717) is 17.9 Å². The second-order valence-corrected chi connectivity index (χ2v) is 6.43. The summed E-state index contributed by atoms with van der Waals surface area (Å²) in [6.07, 6.45) is 2.58. The van der Waals surface area contributed by atoms with E-state index in [9.17, 15) is 9.59 Å². The minimum absolute atomic E-state index is 0.425. The highest BCUT2D eigenvalue weighted by Crippen LogP contribution is 2.34. The molecule has 1 aromatic rings. The van der Waals surface area contributed by atoms with Crippen LogP contribution in [0.5, 0.6) is 0 Å². The lowest BCUT2D eigenvalue weighted by molar-refractivity contribution is -0.112. The van der Waals surface area contributed by atoms with Crippen LogP contribution in [-0.4, -0.2) is 38.5 Å². The highest BCUT2D eigenvalue weighted by molar-refractivity contribution is 9.10. The molecule has 0 unspecified atom stereocenters. The Hall–Kier alpha value is -1.40. The van der Waals surface area contributed by atoms with E-state index >= 15 is 0 Å². The largest absolute Gasteiger partial charge is 0.379 e. The third-order valence-electron chi connectivity index (χ3n) is 3.82. The molecule has 5 nitrogen and oxygen atoms in total. The lowest BCUT2D eigenvalue weighted by atomic mass is 10.1. The van der Waals surface area contributed by atoms with Crippen LogP contribution in [0.25, 0.3) is 0 Å². The van der Waals surface area contributed by atoms with Crippen LogP contribution >= 0.6 is 15.9 Å². The topological polar surface area (TPSA) is 58.6 Å². The maximum Gasteiger partial charge on any atom is 0.296 e. The molecule has 0 spiro atoms. The number of anilines is 2. The molecule has 2 aliphatic rings. The van der Waals surface area contributed by atoms with E-state index < -0.39 is 11.7 Å². The Morgan fingerprint density at radius 3 is 2.86 bits per heavy atom. The molecular weight excluding hydrogens is 336 g/mol. The first-order valence-electron chi connectivity index (χ1n) is 7.04. The van der Waals surface area contributed by atoms with Gasteiger partial charge in [-0.25, -0.2) is 0 Å². The molecule has 0 aromatic heterocycles. The quantitative estimate of drug-likeness (QED) is 0.631. The maximum absolute atomic E-state index is 11.6. The van der Waals surface area contributed by atoms with Crippen LogP contribution in [-0.2, 0) is 9.53 Å². The molecule has 1 N–H and O–H groups in total. The van der Waals surface area contributed by atoms with Crippen LogP contribution in [0.2, 0.25) is 0 Å². The number of nitrogens with one attached hydrogen (secondary N) is 1. The number of hydrogen-bond acceptors (Lipinski definition) is 4. The number of rotatable bonds is 6. The molecule has 6 heteroatoms. The molecule has 1 aliphatic heterocycles. The number of hydrogen-bond donors (Lipinski definition) is 1. The van der Waals surface area contributed by atoms with E-state index in [1.165, 1.54) is 12.8 Å². The summed E-state index contributed by atoms with van der Waals surface area (Å²) in [5.41, 5.74) is 1.93. The van der Waals surface area contributed by atoms with Gasteiger partial charge in [0.15, 0.2) is 0 Å². The summed E-state index contributed by atoms with van der Waals surface area (Å²) in [7, 11) is 1.96. The highest BCUT2D eigenvalue weighted by Gasteiger charge is 2.29. The summed E-state index contributed by atoms with van der Waals surface area (Å²) in [5.74, 6) is -0.277. The van der Waals surface area contributed by atoms with Crippen LogP contribution < -0.4 is 10.2 Å². The maximum atomic E-state index is 11.6. The number of nitrogens with zero attached hydrogens (tertiary/aromatic N) is 1. The summed E-state index contributed by atoms with van der Waals surface area (Å²) in [6.45, 7) is 2.28. The average Bonchev–Trinajstić information content (AvgIpc) is 3.23. The third kappa shape index (κ3) is 3.11. The molecule has 1 aliphatic carbocycles.